The Hall–Kier alpha value is -2.11. The Balaban J connectivity index is 0. The molecule has 0 rings (SSSR count). The summed E-state index contributed by atoms with van der Waals surface area (Å²) < 4.78 is 69.6. The van der Waals surface area contributed by atoms with Gasteiger partial charge in [0.1, 0.15) is 0 Å². The third-order valence-electron chi connectivity index (χ3n) is 1.74. The predicted molar refractivity (Wildman–Crippen MR) is 76.9 cm³/mol. The molecule has 0 bridgehead atoms. The fraction of sp³-hybridized carbons (Fsp3) is 0.600. The molecule has 0 saturated carbocycles. The van der Waals surface area contributed by atoms with Crippen LogP contribution in [0.1, 0.15) is 0 Å². The van der Waals surface area contributed by atoms with E-state index in [2.05, 4.69) is 14.6 Å². The van der Waals surface area contributed by atoms with Gasteiger partial charge in [-0.15, -0.1) is 0 Å². The minimum absolute atomic E-state index is 0.334. The van der Waals surface area contributed by atoms with Gasteiger partial charge < -0.3 is 9.47 Å². The van der Waals surface area contributed by atoms with Gasteiger partial charge in [0.15, 0.2) is 0 Å². The maximum atomic E-state index is 11.3. The second-order valence-corrected chi connectivity index (χ2v) is 6.46. The fourth-order valence-electron chi connectivity index (χ4n) is 1.00. The number of esters is 2. The minimum atomic E-state index is -10.7. The molecule has 0 aliphatic carbocycles. The van der Waals surface area contributed by atoms with Gasteiger partial charge in [0.2, 0.25) is 0 Å². The molecule has 0 N–H and O–H groups in total. The van der Waals surface area contributed by atoms with Crippen LogP contribution in [0.4, 0.5) is 25.2 Å². The number of amidine groups is 1. The maximum absolute atomic E-state index is 11.3. The monoisotopic (exact) mass is 405 g/mol. The van der Waals surface area contributed by atoms with Crippen LogP contribution in [0.15, 0.2) is 5.16 Å². The molecule has 0 aromatic heterocycles. The van der Waals surface area contributed by atoms with E-state index in [1.54, 1.807) is 37.7 Å². The predicted octanol–water partition coefficient (Wildman–Crippen LogP) is 2.28. The Morgan fingerprint density at radius 3 is 1.44 bits per heavy atom. The first-order chi connectivity index (χ1) is 10.8. The number of hydrogen-bond donors (Lipinski definition) is 0. The topological polar surface area (TPSA) is 80.4 Å². The Morgan fingerprint density at radius 1 is 0.920 bits per heavy atom. The van der Waals surface area contributed by atoms with E-state index in [1.807, 2.05) is 0 Å². The molecule has 0 heterocycles. The molecule has 0 spiro atoms. The van der Waals surface area contributed by atoms with E-state index in [-0.39, 0.29) is 0 Å². The molecule has 15 heteroatoms. The summed E-state index contributed by atoms with van der Waals surface area (Å²) >= 11 is 0. The van der Waals surface area contributed by atoms with Crippen molar-refractivity contribution in [3.63, 3.8) is 0 Å². The molecular formula is C10H18F6N3O5P. The van der Waals surface area contributed by atoms with Crippen LogP contribution < -0.4 is 0 Å². The van der Waals surface area contributed by atoms with Gasteiger partial charge in [0.25, 0.3) is 5.71 Å². The van der Waals surface area contributed by atoms with Crippen LogP contribution in [0.2, 0.25) is 0 Å². The summed E-state index contributed by atoms with van der Waals surface area (Å²) in [4.78, 5) is 29.2. The van der Waals surface area contributed by atoms with Crippen LogP contribution in [0.3, 0.4) is 0 Å². The van der Waals surface area contributed by atoms with E-state index in [1.165, 1.54) is 0 Å². The number of ether oxygens (including phenoxy) is 2. The standard InChI is InChI=1S/C10H18N3O5.F6P/c1-12(2)10(13(3)4)18-11-7(8(14)16-5)9(15)17-6;1-7(2,3,4,5)6/h1-6H3;/q+1;-1. The average molecular weight is 405 g/mol. The molecule has 0 aliphatic rings. The molecular weight excluding hydrogens is 387 g/mol. The number of nitrogens with zero attached hydrogens (tertiary/aromatic N) is 3. The molecule has 0 radical (unpaired) electrons. The SMILES string of the molecule is COC(=O)C(=NOC(N(C)C)=[N+](C)C)C(=O)OC.F[P-](F)(F)(F)(F)F. The summed E-state index contributed by atoms with van der Waals surface area (Å²) in [5.74, 6) is -1.86. The Morgan fingerprint density at radius 2 is 1.24 bits per heavy atom. The number of hydrogen-bond acceptors (Lipinski definition) is 6. The summed E-state index contributed by atoms with van der Waals surface area (Å²) in [5.41, 5.74) is -0.568. The third-order valence-corrected chi connectivity index (χ3v) is 1.74. The molecule has 0 aliphatic heterocycles. The van der Waals surface area contributed by atoms with Gasteiger partial charge in [-0.1, -0.05) is 5.16 Å². The number of rotatable bonds is 3. The molecule has 0 amide bonds. The first-order valence-electron chi connectivity index (χ1n) is 5.99. The second kappa shape index (κ2) is 7.85. The van der Waals surface area contributed by atoms with Crippen molar-refractivity contribution < 1.29 is 53.7 Å². The van der Waals surface area contributed by atoms with Gasteiger partial charge in [-0.25, -0.2) is 19.1 Å². The van der Waals surface area contributed by atoms with Crippen molar-refractivity contribution >= 4 is 31.5 Å². The van der Waals surface area contributed by atoms with Gasteiger partial charge >= 0.3 is 51.0 Å². The molecule has 0 fully saturated rings. The molecule has 8 nitrogen and oxygen atoms in total. The van der Waals surface area contributed by atoms with Crippen LogP contribution in [-0.2, 0) is 23.9 Å². The summed E-state index contributed by atoms with van der Waals surface area (Å²) in [5, 5.41) is 3.46. The number of carbonyl (C=O) groups is 2. The van der Waals surface area contributed by atoms with E-state index in [0.717, 1.165) is 14.2 Å². The van der Waals surface area contributed by atoms with Gasteiger partial charge in [-0.2, -0.15) is 0 Å². The molecule has 0 aromatic carbocycles. The van der Waals surface area contributed by atoms with E-state index in [4.69, 9.17) is 4.84 Å². The number of halogens is 6. The zero-order valence-corrected chi connectivity index (χ0v) is 15.0. The Labute approximate surface area is 138 Å². The van der Waals surface area contributed by atoms with Crippen LogP contribution in [0.25, 0.3) is 0 Å². The molecule has 150 valence electrons. The van der Waals surface area contributed by atoms with Gasteiger partial charge in [-0.3, -0.25) is 4.84 Å². The first-order valence-corrected chi connectivity index (χ1v) is 8.02. The first kappa shape index (κ1) is 25.1. The van der Waals surface area contributed by atoms with Crippen molar-refractivity contribution in [3.8, 4) is 0 Å². The van der Waals surface area contributed by atoms with Crippen molar-refractivity contribution in [3.05, 3.63) is 0 Å². The fourth-order valence-corrected chi connectivity index (χ4v) is 1.00. The second-order valence-electron chi connectivity index (χ2n) is 4.54. The molecule has 0 aromatic rings. The van der Waals surface area contributed by atoms with Gasteiger partial charge in [-0.05, 0) is 0 Å². The van der Waals surface area contributed by atoms with E-state index in [0.29, 0.717) is 6.02 Å². The normalized spacial score (nSPS) is 13.0. The van der Waals surface area contributed by atoms with Crippen LogP contribution >= 0.6 is 7.81 Å². The summed E-state index contributed by atoms with van der Waals surface area (Å²) in [6, 6.07) is 0.334. The summed E-state index contributed by atoms with van der Waals surface area (Å²) in [6.07, 6.45) is 0. The van der Waals surface area contributed by atoms with Crippen molar-refractivity contribution in [1.82, 2.24) is 4.90 Å². The molecule has 0 atom stereocenters. The summed E-state index contributed by atoms with van der Waals surface area (Å²) in [6.45, 7) is 0. The van der Waals surface area contributed by atoms with E-state index >= 15 is 0 Å². The Kier molecular flexibility index (Phi) is 7.89. The van der Waals surface area contributed by atoms with Crippen LogP contribution in [-0.4, -0.2) is 75.6 Å². The van der Waals surface area contributed by atoms with Crippen LogP contribution in [0.5, 0.6) is 0 Å². The quantitative estimate of drug-likeness (QED) is 0.105. The van der Waals surface area contributed by atoms with Crippen LogP contribution in [0, 0.1) is 0 Å². The molecule has 0 saturated heterocycles. The molecule has 0 unspecified atom stereocenters. The van der Waals surface area contributed by atoms with E-state index in [9.17, 15) is 34.8 Å². The third kappa shape index (κ3) is 16.5. The summed E-state index contributed by atoms with van der Waals surface area (Å²) in [7, 11) is -1.51. The average Bonchev–Trinajstić information content (AvgIpc) is 2.37. The van der Waals surface area contributed by atoms with Crippen molar-refractivity contribution in [1.29, 1.82) is 0 Å². The van der Waals surface area contributed by atoms with Gasteiger partial charge in [0, 0.05) is 0 Å². The Bertz CT molecular complexity index is 539. The number of methoxy groups -OCH3 is 2. The molecule has 25 heavy (non-hydrogen) atoms. The zero-order valence-electron chi connectivity index (χ0n) is 14.1. The van der Waals surface area contributed by atoms with Crippen molar-refractivity contribution in [2.75, 3.05) is 42.4 Å². The number of oxime groups is 1. The van der Waals surface area contributed by atoms with Crippen molar-refractivity contribution in [2.45, 2.75) is 0 Å². The van der Waals surface area contributed by atoms with Crippen molar-refractivity contribution in [2.24, 2.45) is 5.16 Å². The zero-order chi connectivity index (χ0) is 20.7. The van der Waals surface area contributed by atoms with E-state index < -0.39 is 25.5 Å². The number of carbonyl (C=O) groups excluding carboxylic acids is 2. The van der Waals surface area contributed by atoms with Gasteiger partial charge in [0.05, 0.1) is 42.4 Å².